The molecule has 0 unspecified atom stereocenters. The highest BCUT2D eigenvalue weighted by atomic mass is 127. The summed E-state index contributed by atoms with van der Waals surface area (Å²) in [7, 11) is 4.40. The molecule has 1 aromatic heterocycles. The molecule has 0 radical (unpaired) electrons. The van der Waals surface area contributed by atoms with E-state index in [9.17, 15) is 14.0 Å². The van der Waals surface area contributed by atoms with Crippen molar-refractivity contribution in [2.75, 3.05) is 31.5 Å². The van der Waals surface area contributed by atoms with Crippen LogP contribution in [0.15, 0.2) is 59.1 Å². The van der Waals surface area contributed by atoms with Crippen LogP contribution in [0.4, 0.5) is 21.5 Å². The first-order valence-electron chi connectivity index (χ1n) is 11.6. The molecule has 202 valence electrons. The minimum absolute atomic E-state index is 0.0592. The number of aryl methyl sites for hydroxylation is 1. The van der Waals surface area contributed by atoms with Gasteiger partial charge in [-0.05, 0) is 65.9 Å². The second kappa shape index (κ2) is 11.7. The average molecular weight is 645 g/mol. The van der Waals surface area contributed by atoms with Crippen LogP contribution in [0.5, 0.6) is 17.2 Å². The molecule has 0 atom stereocenters. The summed E-state index contributed by atoms with van der Waals surface area (Å²) in [6.45, 7) is 2.97. The molecule has 0 aliphatic heterocycles. The summed E-state index contributed by atoms with van der Waals surface area (Å²) >= 11 is 2.06. The third-order valence-corrected chi connectivity index (χ3v) is 6.47. The van der Waals surface area contributed by atoms with E-state index >= 15 is 0 Å². The number of hydrogen-bond donors (Lipinski definition) is 1. The molecular weight excluding hydrogens is 620 g/mol. The summed E-state index contributed by atoms with van der Waals surface area (Å²) in [4.78, 5) is 27.5. The number of benzene rings is 3. The number of nitrogens with zero attached hydrogens (tertiary/aromatic N) is 2. The second-order valence-electron chi connectivity index (χ2n) is 8.34. The first kappa shape index (κ1) is 27.9. The third kappa shape index (κ3) is 5.67. The molecule has 2 amide bonds. The monoisotopic (exact) mass is 645 g/mol. The van der Waals surface area contributed by atoms with Crippen LogP contribution in [-0.2, 0) is 4.79 Å². The molecule has 1 heterocycles. The summed E-state index contributed by atoms with van der Waals surface area (Å²) in [5.74, 6) is -0.220. The molecule has 0 bridgehead atoms. The zero-order valence-electron chi connectivity index (χ0n) is 21.8. The fourth-order valence-corrected chi connectivity index (χ4v) is 4.60. The van der Waals surface area contributed by atoms with Gasteiger partial charge in [-0.2, -0.15) is 0 Å². The lowest BCUT2D eigenvalue weighted by molar-refractivity contribution is -0.114. The number of carbonyl (C=O) groups excluding carboxylic acids is 2. The second-order valence-corrected chi connectivity index (χ2v) is 9.59. The number of hydrogen-bond acceptors (Lipinski definition) is 7. The number of anilines is 3. The van der Waals surface area contributed by atoms with E-state index in [1.54, 1.807) is 55.5 Å². The van der Waals surface area contributed by atoms with E-state index in [-0.39, 0.29) is 28.5 Å². The number of ether oxygens (including phenoxy) is 3. The Morgan fingerprint density at radius 3 is 2.28 bits per heavy atom. The summed E-state index contributed by atoms with van der Waals surface area (Å²) in [5.41, 5.74) is 1.47. The number of methoxy groups -OCH3 is 3. The fourth-order valence-electron chi connectivity index (χ4n) is 4.10. The molecule has 3 aromatic carbocycles. The normalized spacial score (nSPS) is 10.6. The van der Waals surface area contributed by atoms with Crippen molar-refractivity contribution in [1.82, 2.24) is 5.16 Å². The maximum absolute atomic E-state index is 14.9. The first-order valence-corrected chi connectivity index (χ1v) is 12.7. The van der Waals surface area contributed by atoms with Gasteiger partial charge in [-0.15, -0.1) is 0 Å². The highest BCUT2D eigenvalue weighted by Gasteiger charge is 2.31. The van der Waals surface area contributed by atoms with Crippen LogP contribution in [0.25, 0.3) is 11.3 Å². The Hall–Kier alpha value is -4.13. The van der Waals surface area contributed by atoms with Crippen LogP contribution >= 0.6 is 22.6 Å². The molecule has 39 heavy (non-hydrogen) atoms. The lowest BCUT2D eigenvalue weighted by atomic mass is 10.0. The molecule has 4 aromatic rings. The van der Waals surface area contributed by atoms with Crippen LogP contribution in [0.1, 0.15) is 23.0 Å². The molecule has 1 N–H and O–H groups in total. The van der Waals surface area contributed by atoms with Crippen molar-refractivity contribution >= 4 is 51.5 Å². The smallest absolute Gasteiger partial charge is 0.268 e. The van der Waals surface area contributed by atoms with Crippen LogP contribution in [0.3, 0.4) is 0 Å². The minimum Gasteiger partial charge on any atom is -0.493 e. The third-order valence-electron chi connectivity index (χ3n) is 5.80. The number of halogens is 2. The molecule has 11 heteroatoms. The molecule has 0 aliphatic rings. The molecule has 0 fully saturated rings. The largest absolute Gasteiger partial charge is 0.493 e. The van der Waals surface area contributed by atoms with Crippen molar-refractivity contribution in [2.45, 2.75) is 13.8 Å². The highest BCUT2D eigenvalue weighted by molar-refractivity contribution is 14.1. The molecule has 4 rings (SSSR count). The maximum atomic E-state index is 14.9. The minimum atomic E-state index is -0.559. The van der Waals surface area contributed by atoms with Crippen LogP contribution in [-0.4, -0.2) is 38.3 Å². The van der Waals surface area contributed by atoms with Gasteiger partial charge >= 0.3 is 0 Å². The molecule has 0 aliphatic carbocycles. The quantitative estimate of drug-likeness (QED) is 0.223. The number of rotatable bonds is 8. The number of aromatic nitrogens is 1. The van der Waals surface area contributed by atoms with Crippen molar-refractivity contribution < 1.29 is 32.7 Å². The molecule has 0 spiro atoms. The lowest BCUT2D eigenvalue weighted by Gasteiger charge is -2.25. The van der Waals surface area contributed by atoms with Gasteiger partial charge in [0.1, 0.15) is 22.8 Å². The average Bonchev–Trinajstić information content (AvgIpc) is 3.30. The zero-order chi connectivity index (χ0) is 28.3. The Labute approximate surface area is 238 Å². The lowest BCUT2D eigenvalue weighted by Crippen LogP contribution is -2.27. The van der Waals surface area contributed by atoms with Crippen molar-refractivity contribution in [3.8, 4) is 28.5 Å². The van der Waals surface area contributed by atoms with Gasteiger partial charge < -0.3 is 24.1 Å². The number of carbonyl (C=O) groups is 2. The Morgan fingerprint density at radius 1 is 0.974 bits per heavy atom. The van der Waals surface area contributed by atoms with E-state index < -0.39 is 11.7 Å². The topological polar surface area (TPSA) is 103 Å². The Kier molecular flexibility index (Phi) is 8.38. The zero-order valence-corrected chi connectivity index (χ0v) is 24.0. The standard InChI is InChI=1S/C28H25FIN3O6/c1-15-25(26(32-39-15)21-11-17(30)9-10-22(21)29)28(35)33(19-8-6-7-18(12-19)31-16(2)34)20-13-23(36-3)27(38-5)24(14-20)37-4/h6-14H,1-5H3,(H,31,34). The van der Waals surface area contributed by atoms with Crippen LogP contribution in [0, 0.1) is 16.3 Å². The van der Waals surface area contributed by atoms with E-state index in [4.69, 9.17) is 18.7 Å². The van der Waals surface area contributed by atoms with Gasteiger partial charge in [-0.25, -0.2) is 4.39 Å². The Morgan fingerprint density at radius 2 is 1.67 bits per heavy atom. The van der Waals surface area contributed by atoms with Crippen LogP contribution < -0.4 is 24.4 Å². The summed E-state index contributed by atoms with van der Waals surface area (Å²) < 4.78 is 37.5. The predicted octanol–water partition coefficient (Wildman–Crippen LogP) is 6.36. The van der Waals surface area contributed by atoms with Gasteiger partial charge in [0.25, 0.3) is 5.91 Å². The van der Waals surface area contributed by atoms with E-state index in [1.807, 2.05) is 0 Å². The Bertz CT molecular complexity index is 1530. The molecule has 0 saturated heterocycles. The summed E-state index contributed by atoms with van der Waals surface area (Å²) in [5, 5.41) is 6.76. The van der Waals surface area contributed by atoms with Gasteiger partial charge in [0.15, 0.2) is 11.5 Å². The molecule has 0 saturated carbocycles. The summed E-state index contributed by atoms with van der Waals surface area (Å²) in [6, 6.07) is 14.5. The predicted molar refractivity (Wildman–Crippen MR) is 153 cm³/mol. The van der Waals surface area contributed by atoms with E-state index in [0.717, 1.165) is 3.57 Å². The Balaban J connectivity index is 1.97. The fraction of sp³-hybridized carbons (Fsp3) is 0.179. The number of amides is 2. The van der Waals surface area contributed by atoms with Gasteiger partial charge in [0, 0.05) is 33.9 Å². The molecular formula is C28H25FIN3O6. The number of nitrogens with one attached hydrogen (secondary N) is 1. The van der Waals surface area contributed by atoms with Gasteiger partial charge in [0.2, 0.25) is 11.7 Å². The van der Waals surface area contributed by atoms with Crippen LogP contribution in [0.2, 0.25) is 0 Å². The van der Waals surface area contributed by atoms with Gasteiger partial charge in [-0.3, -0.25) is 14.5 Å². The van der Waals surface area contributed by atoms with Crippen molar-refractivity contribution in [3.63, 3.8) is 0 Å². The highest BCUT2D eigenvalue weighted by Crippen LogP contribution is 2.44. The molecule has 9 nitrogen and oxygen atoms in total. The first-order chi connectivity index (χ1) is 18.7. The maximum Gasteiger partial charge on any atom is 0.268 e. The summed E-state index contributed by atoms with van der Waals surface area (Å²) in [6.07, 6.45) is 0. The van der Waals surface area contributed by atoms with Crippen molar-refractivity contribution in [3.05, 3.63) is 75.3 Å². The SMILES string of the molecule is COc1cc(N(C(=O)c2c(-c3cc(I)ccc3F)noc2C)c2cccc(NC(C)=O)c2)cc(OC)c1OC. The van der Waals surface area contributed by atoms with E-state index in [0.29, 0.717) is 34.3 Å². The van der Waals surface area contributed by atoms with Crippen molar-refractivity contribution in [1.29, 1.82) is 0 Å². The van der Waals surface area contributed by atoms with Gasteiger partial charge in [0.05, 0.1) is 32.7 Å². The van der Waals surface area contributed by atoms with E-state index in [1.165, 1.54) is 39.2 Å². The van der Waals surface area contributed by atoms with E-state index in [2.05, 4.69) is 33.1 Å². The van der Waals surface area contributed by atoms with Gasteiger partial charge in [-0.1, -0.05) is 11.2 Å². The van der Waals surface area contributed by atoms with Crippen molar-refractivity contribution in [2.24, 2.45) is 0 Å².